The van der Waals surface area contributed by atoms with Crippen LogP contribution in [-0.4, -0.2) is 36.0 Å². The van der Waals surface area contributed by atoms with Crippen LogP contribution in [0.25, 0.3) is 0 Å². The van der Waals surface area contributed by atoms with E-state index in [1.165, 1.54) is 12.8 Å². The number of carbonyl (C=O) groups excluding carboxylic acids is 1. The first-order valence-electron chi connectivity index (χ1n) is 7.65. The Hall–Kier alpha value is -0.770. The van der Waals surface area contributed by atoms with Crippen LogP contribution >= 0.6 is 23.2 Å². The van der Waals surface area contributed by atoms with Crippen molar-refractivity contribution in [2.75, 3.05) is 13.1 Å². The maximum atomic E-state index is 13.0. The van der Waals surface area contributed by atoms with Crippen molar-refractivity contribution in [1.29, 1.82) is 0 Å². The summed E-state index contributed by atoms with van der Waals surface area (Å²) in [5.41, 5.74) is 0.569. The molecule has 1 N–H and O–H groups in total. The molecule has 0 bridgehead atoms. The summed E-state index contributed by atoms with van der Waals surface area (Å²) in [6, 6.07) is 5.77. The molecule has 0 aromatic heterocycles. The van der Waals surface area contributed by atoms with E-state index in [-0.39, 0.29) is 11.9 Å². The molecule has 1 amide bonds. The summed E-state index contributed by atoms with van der Waals surface area (Å²) < 4.78 is 0. The zero-order valence-corrected chi connectivity index (χ0v) is 13.5. The van der Waals surface area contributed by atoms with Crippen LogP contribution in [0.3, 0.4) is 0 Å². The Bertz CT molecular complexity index is 507. The lowest BCUT2D eigenvalue weighted by Gasteiger charge is -2.34. The molecule has 1 aliphatic carbocycles. The second-order valence-electron chi connectivity index (χ2n) is 5.92. The van der Waals surface area contributed by atoms with Crippen LogP contribution in [0.15, 0.2) is 18.2 Å². The van der Waals surface area contributed by atoms with E-state index in [4.69, 9.17) is 23.2 Å². The first kappa shape index (κ1) is 15.1. The normalized spacial score (nSPS) is 22.7. The second kappa shape index (κ2) is 6.55. The molecular weight excluding hydrogens is 307 g/mol. The summed E-state index contributed by atoms with van der Waals surface area (Å²) in [6.45, 7) is 1.86. The highest BCUT2D eigenvalue weighted by Crippen LogP contribution is 2.30. The first-order chi connectivity index (χ1) is 10.2. The zero-order valence-electron chi connectivity index (χ0n) is 11.9. The predicted molar refractivity (Wildman–Crippen MR) is 86.2 cm³/mol. The molecule has 1 aliphatic heterocycles. The van der Waals surface area contributed by atoms with Crippen molar-refractivity contribution in [2.45, 2.75) is 44.2 Å². The Labute approximate surface area is 135 Å². The fraction of sp³-hybridized carbons (Fsp3) is 0.562. The van der Waals surface area contributed by atoms with Gasteiger partial charge in [-0.2, -0.15) is 0 Å². The third kappa shape index (κ3) is 3.20. The fourth-order valence-corrected chi connectivity index (χ4v) is 3.98. The number of hydrogen-bond donors (Lipinski definition) is 1. The molecule has 1 saturated heterocycles. The standard InChI is InChI=1S/C16H20Cl2N2O/c17-11-5-6-14(15(18)9-11)16(21)20(12-3-1-2-4-12)13-7-8-19-10-13/h5-6,9,12-13,19H,1-4,7-8,10H2. The molecule has 2 aliphatic rings. The number of halogens is 2. The minimum absolute atomic E-state index is 0.0530. The van der Waals surface area contributed by atoms with Gasteiger partial charge in [-0.15, -0.1) is 0 Å². The van der Waals surface area contributed by atoms with Crippen LogP contribution in [0.5, 0.6) is 0 Å². The smallest absolute Gasteiger partial charge is 0.255 e. The average Bonchev–Trinajstić information content (AvgIpc) is 3.12. The van der Waals surface area contributed by atoms with Crippen molar-refractivity contribution in [3.05, 3.63) is 33.8 Å². The maximum Gasteiger partial charge on any atom is 0.255 e. The van der Waals surface area contributed by atoms with Crippen LogP contribution < -0.4 is 5.32 Å². The number of benzene rings is 1. The van der Waals surface area contributed by atoms with Crippen LogP contribution in [0.2, 0.25) is 10.0 Å². The molecule has 0 spiro atoms. The number of hydrogen-bond acceptors (Lipinski definition) is 2. The second-order valence-corrected chi connectivity index (χ2v) is 6.77. The maximum absolute atomic E-state index is 13.0. The summed E-state index contributed by atoms with van der Waals surface area (Å²) >= 11 is 12.2. The van der Waals surface area contributed by atoms with Gasteiger partial charge in [0.1, 0.15) is 0 Å². The molecule has 114 valence electrons. The lowest BCUT2D eigenvalue weighted by Crippen LogP contribution is -2.47. The van der Waals surface area contributed by atoms with Gasteiger partial charge >= 0.3 is 0 Å². The van der Waals surface area contributed by atoms with E-state index in [9.17, 15) is 4.79 Å². The van der Waals surface area contributed by atoms with Gasteiger partial charge in [0, 0.05) is 23.7 Å². The van der Waals surface area contributed by atoms with Crippen LogP contribution in [-0.2, 0) is 0 Å². The van der Waals surface area contributed by atoms with E-state index in [1.807, 2.05) is 0 Å². The molecule has 3 rings (SSSR count). The van der Waals surface area contributed by atoms with E-state index in [1.54, 1.807) is 18.2 Å². The van der Waals surface area contributed by atoms with Crippen molar-refractivity contribution in [3.8, 4) is 0 Å². The zero-order chi connectivity index (χ0) is 14.8. The van der Waals surface area contributed by atoms with Crippen molar-refractivity contribution >= 4 is 29.1 Å². The van der Waals surface area contributed by atoms with Crippen molar-refractivity contribution in [1.82, 2.24) is 10.2 Å². The molecule has 1 aromatic rings. The van der Waals surface area contributed by atoms with E-state index in [2.05, 4.69) is 10.2 Å². The molecule has 2 fully saturated rings. The minimum Gasteiger partial charge on any atom is -0.331 e. The summed E-state index contributed by atoms with van der Waals surface area (Å²) in [7, 11) is 0. The monoisotopic (exact) mass is 326 g/mol. The molecule has 0 radical (unpaired) electrons. The molecule has 1 aromatic carbocycles. The lowest BCUT2D eigenvalue weighted by molar-refractivity contribution is 0.0595. The third-order valence-corrected chi connectivity index (χ3v) is 5.09. The third-order valence-electron chi connectivity index (χ3n) is 4.54. The highest BCUT2D eigenvalue weighted by Gasteiger charge is 2.35. The van der Waals surface area contributed by atoms with Gasteiger partial charge in [-0.3, -0.25) is 4.79 Å². The van der Waals surface area contributed by atoms with E-state index in [0.29, 0.717) is 21.7 Å². The summed E-state index contributed by atoms with van der Waals surface area (Å²) in [6.07, 6.45) is 5.65. The number of nitrogens with one attached hydrogen (secondary N) is 1. The van der Waals surface area contributed by atoms with E-state index in [0.717, 1.165) is 32.4 Å². The first-order valence-corrected chi connectivity index (χ1v) is 8.41. The fourth-order valence-electron chi connectivity index (χ4n) is 3.49. The Morgan fingerprint density at radius 1 is 1.14 bits per heavy atom. The highest BCUT2D eigenvalue weighted by molar-refractivity contribution is 6.36. The van der Waals surface area contributed by atoms with Gasteiger partial charge in [0.2, 0.25) is 0 Å². The molecule has 1 saturated carbocycles. The summed E-state index contributed by atoms with van der Waals surface area (Å²) in [4.78, 5) is 15.1. The largest absolute Gasteiger partial charge is 0.331 e. The Balaban J connectivity index is 1.89. The number of carbonyl (C=O) groups is 1. The van der Waals surface area contributed by atoms with Crippen LogP contribution in [0, 0.1) is 0 Å². The predicted octanol–water partition coefficient (Wildman–Crippen LogP) is 3.74. The lowest BCUT2D eigenvalue weighted by atomic mass is 10.1. The van der Waals surface area contributed by atoms with Gasteiger partial charge in [0.05, 0.1) is 10.6 Å². The molecule has 21 heavy (non-hydrogen) atoms. The Morgan fingerprint density at radius 3 is 2.52 bits per heavy atom. The summed E-state index contributed by atoms with van der Waals surface area (Å²) in [5, 5.41) is 4.37. The highest BCUT2D eigenvalue weighted by atomic mass is 35.5. The topological polar surface area (TPSA) is 32.3 Å². The average molecular weight is 327 g/mol. The van der Waals surface area contributed by atoms with Crippen molar-refractivity contribution < 1.29 is 4.79 Å². The van der Waals surface area contributed by atoms with Crippen LogP contribution in [0.1, 0.15) is 42.5 Å². The Morgan fingerprint density at radius 2 is 1.90 bits per heavy atom. The molecule has 5 heteroatoms. The number of nitrogens with zero attached hydrogens (tertiary/aromatic N) is 1. The Kier molecular flexibility index (Phi) is 4.72. The van der Waals surface area contributed by atoms with E-state index < -0.39 is 0 Å². The number of rotatable bonds is 3. The number of amides is 1. The van der Waals surface area contributed by atoms with Crippen molar-refractivity contribution in [3.63, 3.8) is 0 Å². The molecule has 1 atom stereocenters. The quantitative estimate of drug-likeness (QED) is 0.917. The molecule has 3 nitrogen and oxygen atoms in total. The van der Waals surface area contributed by atoms with Gasteiger partial charge in [0.25, 0.3) is 5.91 Å². The summed E-state index contributed by atoms with van der Waals surface area (Å²) in [5.74, 6) is 0.0530. The molecular formula is C16H20Cl2N2O. The van der Waals surface area contributed by atoms with Crippen LogP contribution in [0.4, 0.5) is 0 Å². The van der Waals surface area contributed by atoms with Gasteiger partial charge in [-0.25, -0.2) is 0 Å². The van der Waals surface area contributed by atoms with Gasteiger partial charge in [-0.1, -0.05) is 36.0 Å². The van der Waals surface area contributed by atoms with Gasteiger partial charge in [0.15, 0.2) is 0 Å². The SMILES string of the molecule is O=C(c1ccc(Cl)cc1Cl)N(C1CCCC1)C1CCNC1. The van der Waals surface area contributed by atoms with E-state index >= 15 is 0 Å². The molecule has 1 heterocycles. The van der Waals surface area contributed by atoms with Gasteiger partial charge in [-0.05, 0) is 44.0 Å². The van der Waals surface area contributed by atoms with Gasteiger partial charge < -0.3 is 10.2 Å². The minimum atomic E-state index is 0.0530. The van der Waals surface area contributed by atoms with Crippen molar-refractivity contribution in [2.24, 2.45) is 0 Å². The molecule has 1 unspecified atom stereocenters.